The van der Waals surface area contributed by atoms with E-state index >= 15 is 0 Å². The lowest BCUT2D eigenvalue weighted by Crippen LogP contribution is -2.52. The third-order valence-corrected chi connectivity index (χ3v) is 7.87. The van der Waals surface area contributed by atoms with Crippen molar-refractivity contribution in [1.82, 2.24) is 10.2 Å². The number of nitrogens with zero attached hydrogens (tertiary/aromatic N) is 1. The number of hydrogen-bond donors (Lipinski definition) is 2. The molecule has 0 bridgehead atoms. The van der Waals surface area contributed by atoms with E-state index in [9.17, 15) is 18.3 Å². The fraction of sp³-hybridized carbons (Fsp3) is 0.550. The molecule has 6 nitrogen and oxygen atoms in total. The number of hydrogen-bond acceptors (Lipinski definition) is 5. The van der Waals surface area contributed by atoms with E-state index in [2.05, 4.69) is 10.2 Å². The van der Waals surface area contributed by atoms with Crippen LogP contribution in [0.2, 0.25) is 0 Å². The van der Waals surface area contributed by atoms with E-state index in [-0.39, 0.29) is 36.4 Å². The van der Waals surface area contributed by atoms with E-state index in [0.29, 0.717) is 30.7 Å². The first kappa shape index (κ1) is 18.7. The van der Waals surface area contributed by atoms with Gasteiger partial charge in [-0.3, -0.25) is 4.79 Å². The summed E-state index contributed by atoms with van der Waals surface area (Å²) in [7, 11) is -1.34. The second kappa shape index (κ2) is 6.72. The number of likely N-dealkylation sites (tertiary alicyclic amines) is 1. The zero-order chi connectivity index (χ0) is 19.3. The largest absolute Gasteiger partial charge is 0.394 e. The summed E-state index contributed by atoms with van der Waals surface area (Å²) < 4.78 is 24.9. The predicted octanol–water partition coefficient (Wildman–Crippen LogP) is 1.51. The lowest BCUT2D eigenvalue weighted by Gasteiger charge is -2.46. The molecule has 1 aliphatic carbocycles. The van der Waals surface area contributed by atoms with Gasteiger partial charge in [-0.05, 0) is 43.5 Å². The van der Waals surface area contributed by atoms with Crippen LogP contribution in [0, 0.1) is 5.92 Å². The lowest BCUT2D eigenvalue weighted by atomic mass is 9.70. The highest BCUT2D eigenvalue weighted by Crippen LogP contribution is 2.50. The van der Waals surface area contributed by atoms with Crippen molar-refractivity contribution >= 4 is 21.3 Å². The van der Waals surface area contributed by atoms with Gasteiger partial charge in [-0.2, -0.15) is 0 Å². The van der Waals surface area contributed by atoms with Gasteiger partial charge in [-0.25, -0.2) is 8.42 Å². The molecule has 146 valence electrons. The zero-order valence-electron chi connectivity index (χ0n) is 15.7. The summed E-state index contributed by atoms with van der Waals surface area (Å²) in [5.41, 5.74) is 2.83. The molecule has 0 aromatic heterocycles. The van der Waals surface area contributed by atoms with Gasteiger partial charge in [0, 0.05) is 29.5 Å². The normalized spacial score (nSPS) is 29.4. The Morgan fingerprint density at radius 3 is 2.89 bits per heavy atom. The van der Waals surface area contributed by atoms with Gasteiger partial charge in [0.15, 0.2) is 0 Å². The van der Waals surface area contributed by atoms with E-state index in [1.54, 1.807) is 6.07 Å². The van der Waals surface area contributed by atoms with Crippen LogP contribution in [0.1, 0.15) is 43.2 Å². The van der Waals surface area contributed by atoms with E-state index in [4.69, 9.17) is 0 Å². The summed E-state index contributed by atoms with van der Waals surface area (Å²) >= 11 is 0. The minimum Gasteiger partial charge on any atom is -0.394 e. The summed E-state index contributed by atoms with van der Waals surface area (Å²) in [5.74, 6) is -0.0620. The number of carbonyl (C=O) groups excluding carboxylic acids is 1. The number of sulfone groups is 1. The first-order valence-corrected chi connectivity index (χ1v) is 11.1. The highest BCUT2D eigenvalue weighted by Gasteiger charge is 2.45. The number of piperidine rings is 1. The Bertz CT molecular complexity index is 905. The topological polar surface area (TPSA) is 86.7 Å². The minimum atomic E-state index is -3.35. The van der Waals surface area contributed by atoms with Gasteiger partial charge < -0.3 is 15.3 Å². The molecule has 1 aromatic rings. The van der Waals surface area contributed by atoms with Crippen molar-refractivity contribution in [1.29, 1.82) is 0 Å². The van der Waals surface area contributed by atoms with Crippen LogP contribution >= 0.6 is 0 Å². The molecule has 2 N–H and O–H groups in total. The second-order valence-electron chi connectivity index (χ2n) is 7.95. The molecule has 4 rings (SSSR count). The molecule has 0 radical (unpaired) electrons. The van der Waals surface area contributed by atoms with Crippen molar-refractivity contribution in [3.05, 3.63) is 34.7 Å². The second-order valence-corrected chi connectivity index (χ2v) is 9.72. The van der Waals surface area contributed by atoms with Crippen molar-refractivity contribution in [2.75, 3.05) is 20.2 Å². The fourth-order valence-electron chi connectivity index (χ4n) is 4.87. The Balaban J connectivity index is 1.66. The van der Waals surface area contributed by atoms with E-state index < -0.39 is 9.84 Å². The maximum Gasteiger partial charge on any atom is 0.224 e. The lowest BCUT2D eigenvalue weighted by molar-refractivity contribution is -0.128. The monoisotopic (exact) mass is 390 g/mol. The van der Waals surface area contributed by atoms with Gasteiger partial charge in [0.2, 0.25) is 15.7 Å². The van der Waals surface area contributed by atoms with Crippen LogP contribution in [0.15, 0.2) is 28.5 Å². The molecule has 4 atom stereocenters. The number of benzene rings is 1. The van der Waals surface area contributed by atoms with E-state index in [1.807, 2.05) is 26.1 Å². The molecule has 27 heavy (non-hydrogen) atoms. The molecular weight excluding hydrogens is 364 g/mol. The summed E-state index contributed by atoms with van der Waals surface area (Å²) in [4.78, 5) is 15.4. The van der Waals surface area contributed by atoms with Crippen molar-refractivity contribution in [2.45, 2.75) is 49.1 Å². The van der Waals surface area contributed by atoms with Gasteiger partial charge in [0.25, 0.3) is 0 Å². The van der Waals surface area contributed by atoms with Gasteiger partial charge in [0.1, 0.15) is 0 Å². The van der Waals surface area contributed by atoms with Crippen molar-refractivity contribution < 1.29 is 18.3 Å². The maximum atomic E-state index is 12.7. The third-order valence-electron chi connectivity index (χ3n) is 6.32. The van der Waals surface area contributed by atoms with Crippen LogP contribution in [0.25, 0.3) is 5.57 Å². The summed E-state index contributed by atoms with van der Waals surface area (Å²) in [6.45, 7) is 2.52. The van der Waals surface area contributed by atoms with Crippen molar-refractivity contribution in [3.8, 4) is 0 Å². The van der Waals surface area contributed by atoms with E-state index in [1.165, 1.54) is 5.41 Å². The quantitative estimate of drug-likeness (QED) is 0.814. The number of likely N-dealkylation sites (N-methyl/N-ethyl adjacent to an activating group) is 1. The van der Waals surface area contributed by atoms with Crippen LogP contribution in [0.3, 0.4) is 0 Å². The smallest absolute Gasteiger partial charge is 0.224 e. The molecule has 4 unspecified atom stereocenters. The number of amides is 1. The van der Waals surface area contributed by atoms with Crippen LogP contribution in [-0.4, -0.2) is 56.6 Å². The molecule has 1 fully saturated rings. The number of nitrogens with one attached hydrogen (secondary N) is 1. The Morgan fingerprint density at radius 2 is 2.19 bits per heavy atom. The van der Waals surface area contributed by atoms with Gasteiger partial charge in [-0.1, -0.05) is 19.1 Å². The summed E-state index contributed by atoms with van der Waals surface area (Å²) in [6, 6.07) is 5.50. The Labute approximate surface area is 160 Å². The molecule has 7 heteroatoms. The molecule has 1 aromatic carbocycles. The van der Waals surface area contributed by atoms with Crippen LogP contribution < -0.4 is 5.32 Å². The first-order chi connectivity index (χ1) is 12.9. The van der Waals surface area contributed by atoms with Crippen LogP contribution in [0.5, 0.6) is 0 Å². The molecule has 1 amide bonds. The molecular formula is C20H26N2O4S. The highest BCUT2D eigenvalue weighted by molar-refractivity contribution is 7.95. The van der Waals surface area contributed by atoms with Gasteiger partial charge in [0.05, 0.1) is 23.5 Å². The van der Waals surface area contributed by atoms with E-state index in [0.717, 1.165) is 16.7 Å². The molecule has 2 aliphatic heterocycles. The molecule has 3 aliphatic rings. The number of rotatable bonds is 4. The SMILES string of the molecule is CCC(CO)NC(=O)C1CC2c3cccc4c3C(=CS4(=O)=O)CC2N(C)C1. The fourth-order valence-corrected chi connectivity index (χ4v) is 6.39. The van der Waals surface area contributed by atoms with Crippen molar-refractivity contribution in [2.24, 2.45) is 5.92 Å². The summed E-state index contributed by atoms with van der Waals surface area (Å²) in [5, 5.41) is 13.7. The number of fused-ring (bicyclic) bond motifs is 2. The average molecular weight is 391 g/mol. The maximum absolute atomic E-state index is 12.7. The number of aliphatic hydroxyl groups is 1. The third kappa shape index (κ3) is 3.02. The first-order valence-electron chi connectivity index (χ1n) is 9.56. The number of aliphatic hydroxyl groups excluding tert-OH is 1. The molecule has 0 saturated carbocycles. The summed E-state index contributed by atoms with van der Waals surface area (Å²) in [6.07, 6.45) is 2.09. The Kier molecular flexibility index (Phi) is 4.64. The predicted molar refractivity (Wildman–Crippen MR) is 103 cm³/mol. The average Bonchev–Trinajstić information content (AvgIpc) is 2.91. The van der Waals surface area contributed by atoms with Crippen LogP contribution in [-0.2, 0) is 14.6 Å². The van der Waals surface area contributed by atoms with Crippen molar-refractivity contribution in [3.63, 3.8) is 0 Å². The van der Waals surface area contributed by atoms with Gasteiger partial charge >= 0.3 is 0 Å². The zero-order valence-corrected chi connectivity index (χ0v) is 16.5. The molecule has 2 heterocycles. The molecule has 0 spiro atoms. The Morgan fingerprint density at radius 1 is 1.41 bits per heavy atom. The highest BCUT2D eigenvalue weighted by atomic mass is 32.2. The number of carbonyl (C=O) groups is 1. The minimum absolute atomic E-state index is 0.0252. The Hall–Kier alpha value is -1.70. The van der Waals surface area contributed by atoms with Crippen LogP contribution in [0.4, 0.5) is 0 Å². The standard InChI is InChI=1S/C20H26N2O4S/c1-3-14(10-23)21-20(24)12-7-16-15-5-4-6-18-19(15)13(11-27(18,25)26)8-17(16)22(2)9-12/h4-6,11-12,14,16-17,23H,3,7-10H2,1-2H3,(H,21,24). The molecule has 1 saturated heterocycles. The van der Waals surface area contributed by atoms with Gasteiger partial charge in [-0.15, -0.1) is 0 Å².